The number of carbonyl (C=O) groups is 3. The van der Waals surface area contributed by atoms with E-state index in [1.54, 1.807) is 12.1 Å². The molecule has 0 unspecified atom stereocenters. The van der Waals surface area contributed by atoms with Crippen LogP contribution in [0, 0.1) is 42.4 Å². The van der Waals surface area contributed by atoms with Gasteiger partial charge in [0.05, 0.1) is 21.9 Å². The number of carbonyl (C=O) groups excluding carboxylic acids is 3. The van der Waals surface area contributed by atoms with Gasteiger partial charge in [0.2, 0.25) is 11.8 Å². The van der Waals surface area contributed by atoms with Crippen molar-refractivity contribution in [2.45, 2.75) is 13.3 Å². The molecule has 1 aliphatic heterocycles. The van der Waals surface area contributed by atoms with Crippen molar-refractivity contribution in [1.82, 2.24) is 4.90 Å². The van der Waals surface area contributed by atoms with Crippen molar-refractivity contribution >= 4 is 62.5 Å². The maximum atomic E-state index is 13.7. The van der Waals surface area contributed by atoms with Gasteiger partial charge in [-0.15, -0.1) is 0 Å². The molecule has 1 saturated heterocycles. The molecule has 0 N–H and O–H groups in total. The van der Waals surface area contributed by atoms with Crippen molar-refractivity contribution in [1.29, 1.82) is 0 Å². The van der Waals surface area contributed by atoms with Crippen LogP contribution in [-0.2, 0) is 9.59 Å². The van der Waals surface area contributed by atoms with E-state index in [0.29, 0.717) is 28.1 Å². The third-order valence-electron chi connectivity index (χ3n) is 7.90. The van der Waals surface area contributed by atoms with Gasteiger partial charge in [0.25, 0.3) is 5.91 Å². The Kier molecular flexibility index (Phi) is 5.21. The second kappa shape index (κ2) is 7.94. The van der Waals surface area contributed by atoms with Crippen molar-refractivity contribution in [2.75, 3.05) is 11.6 Å². The number of aryl methyl sites for hydroxylation is 1. The van der Waals surface area contributed by atoms with Crippen LogP contribution in [0.4, 0.5) is 5.69 Å². The highest BCUT2D eigenvalue weighted by atomic mass is 79.9. The molecule has 0 aromatic heterocycles. The van der Waals surface area contributed by atoms with Gasteiger partial charge in [-0.2, -0.15) is 0 Å². The molecule has 0 radical (unpaired) electrons. The largest absolute Gasteiger partial charge is 0.289 e. The summed E-state index contributed by atoms with van der Waals surface area (Å²) in [6.07, 6.45) is 5.40. The zero-order chi connectivity index (χ0) is 23.9. The molecule has 34 heavy (non-hydrogen) atoms. The number of nitrogens with zero attached hydrogens (tertiary/aromatic N) is 2. The molecule has 4 aliphatic carbocycles. The van der Waals surface area contributed by atoms with Crippen molar-refractivity contribution in [3.63, 3.8) is 0 Å². The summed E-state index contributed by atoms with van der Waals surface area (Å²) in [5.74, 6) is 0.0148. The molecule has 3 fully saturated rings. The van der Waals surface area contributed by atoms with E-state index < -0.39 is 0 Å². The summed E-state index contributed by atoms with van der Waals surface area (Å²) in [6, 6.07) is 10.2. The Morgan fingerprint density at radius 3 is 2.24 bits per heavy atom. The number of benzene rings is 2. The summed E-state index contributed by atoms with van der Waals surface area (Å²) in [4.78, 5) is 43.6. The number of allylic oxidation sites excluding steroid dienone is 2. The van der Waals surface area contributed by atoms with Crippen molar-refractivity contribution in [3.8, 4) is 0 Å². The number of amides is 3. The highest BCUT2D eigenvalue weighted by Gasteiger charge is 2.67. The first-order valence-electron chi connectivity index (χ1n) is 11.3. The zero-order valence-electron chi connectivity index (χ0n) is 18.3. The second-order valence-electron chi connectivity index (χ2n) is 9.69. The monoisotopic (exact) mass is 558 g/mol. The normalized spacial score (nSPS) is 30.4. The van der Waals surface area contributed by atoms with E-state index in [-0.39, 0.29) is 53.1 Å². The summed E-state index contributed by atoms with van der Waals surface area (Å²) in [6.45, 7) is 1.75. The van der Waals surface area contributed by atoms with Crippen LogP contribution < -0.4 is 4.90 Å². The van der Waals surface area contributed by atoms with E-state index in [0.717, 1.165) is 16.5 Å². The van der Waals surface area contributed by atoms with Crippen LogP contribution in [0.3, 0.4) is 0 Å². The number of hydrogen-bond acceptors (Lipinski definition) is 3. The second-order valence-corrected chi connectivity index (χ2v) is 11.4. The SMILES string of the molecule is Cc1cc(Br)ccc1N(CN1C(=O)[C@H]2[C@@H]3C=C[C@H]([C@H]4C[C@H]34)[C@@H]2C1=O)C(=O)c1ccc(Cl)c(Cl)c1. The topological polar surface area (TPSA) is 57.7 Å². The molecule has 2 bridgehead atoms. The van der Waals surface area contributed by atoms with E-state index >= 15 is 0 Å². The number of rotatable bonds is 4. The standard InChI is InChI=1S/C26H21BrCl2N2O3/c1-12-8-14(27)3-7-21(12)30(24(32)13-2-6-19(28)20(29)9-13)11-31-25(33)22-15-4-5-16(18-10-17(15)18)23(22)26(31)34/h2-9,15-18,22-23H,10-11H2,1H3/t15-,16-,17-,18-,22+,23+/m1/s1. The van der Waals surface area contributed by atoms with Crippen molar-refractivity contribution in [3.05, 3.63) is 74.2 Å². The minimum Gasteiger partial charge on any atom is -0.289 e. The predicted molar refractivity (Wildman–Crippen MR) is 134 cm³/mol. The van der Waals surface area contributed by atoms with E-state index in [1.807, 2.05) is 25.1 Å². The fraction of sp³-hybridized carbons (Fsp3) is 0.346. The maximum absolute atomic E-state index is 13.7. The van der Waals surface area contributed by atoms with Gasteiger partial charge in [0, 0.05) is 15.7 Å². The number of halogens is 3. The third-order valence-corrected chi connectivity index (χ3v) is 9.13. The highest BCUT2D eigenvalue weighted by Crippen LogP contribution is 2.65. The minimum absolute atomic E-state index is 0.134. The van der Waals surface area contributed by atoms with Crippen LogP contribution in [0.5, 0.6) is 0 Å². The summed E-state index contributed by atoms with van der Waals surface area (Å²) in [5.41, 5.74) is 1.79. The average Bonchev–Trinajstić information content (AvgIpc) is 3.59. The number of hydrogen-bond donors (Lipinski definition) is 0. The maximum Gasteiger partial charge on any atom is 0.259 e. The predicted octanol–water partition coefficient (Wildman–Crippen LogP) is 5.72. The molecule has 2 aromatic carbocycles. The lowest BCUT2D eigenvalue weighted by molar-refractivity contribution is -0.140. The lowest BCUT2D eigenvalue weighted by Crippen LogP contribution is -2.45. The molecule has 8 heteroatoms. The molecular formula is C26H21BrCl2N2O3. The van der Waals surface area contributed by atoms with Gasteiger partial charge < -0.3 is 0 Å². The highest BCUT2D eigenvalue weighted by molar-refractivity contribution is 9.10. The van der Waals surface area contributed by atoms with Crippen LogP contribution in [0.15, 0.2) is 53.0 Å². The van der Waals surface area contributed by atoms with Gasteiger partial charge in [-0.25, -0.2) is 0 Å². The average molecular weight is 560 g/mol. The first kappa shape index (κ1) is 22.3. The van der Waals surface area contributed by atoms with Crippen LogP contribution in [0.25, 0.3) is 0 Å². The lowest BCUT2D eigenvalue weighted by atomic mass is 9.63. The summed E-state index contributed by atoms with van der Waals surface area (Å²) >= 11 is 15.7. The molecule has 5 nitrogen and oxygen atoms in total. The van der Waals surface area contributed by atoms with Gasteiger partial charge in [-0.05, 0) is 79.0 Å². The molecule has 2 saturated carbocycles. The van der Waals surface area contributed by atoms with Crippen molar-refractivity contribution in [2.24, 2.45) is 35.5 Å². The molecule has 6 atom stereocenters. The summed E-state index contributed by atoms with van der Waals surface area (Å²) < 4.78 is 0.872. The van der Waals surface area contributed by atoms with E-state index in [1.165, 1.54) is 15.9 Å². The van der Waals surface area contributed by atoms with Gasteiger partial charge in [0.1, 0.15) is 6.67 Å². The van der Waals surface area contributed by atoms with E-state index in [4.69, 9.17) is 23.2 Å². The Morgan fingerprint density at radius 2 is 1.65 bits per heavy atom. The van der Waals surface area contributed by atoms with Gasteiger partial charge >= 0.3 is 0 Å². The fourth-order valence-electron chi connectivity index (χ4n) is 6.26. The molecule has 7 rings (SSSR count). The summed E-state index contributed by atoms with van der Waals surface area (Å²) in [5, 5.41) is 0.612. The minimum atomic E-state index is -0.358. The quantitative estimate of drug-likeness (QED) is 0.355. The fourth-order valence-corrected chi connectivity index (χ4v) is 7.03. The summed E-state index contributed by atoms with van der Waals surface area (Å²) in [7, 11) is 0. The molecular weight excluding hydrogens is 539 g/mol. The van der Waals surface area contributed by atoms with Crippen LogP contribution in [0.1, 0.15) is 22.3 Å². The van der Waals surface area contributed by atoms with Crippen LogP contribution >= 0.6 is 39.1 Å². The van der Waals surface area contributed by atoms with Crippen LogP contribution in [0.2, 0.25) is 10.0 Å². The smallest absolute Gasteiger partial charge is 0.259 e. The van der Waals surface area contributed by atoms with E-state index in [2.05, 4.69) is 28.1 Å². The van der Waals surface area contributed by atoms with Gasteiger partial charge in [0.15, 0.2) is 0 Å². The molecule has 174 valence electrons. The Balaban J connectivity index is 1.37. The van der Waals surface area contributed by atoms with E-state index in [9.17, 15) is 14.4 Å². The first-order valence-corrected chi connectivity index (χ1v) is 12.9. The number of likely N-dealkylation sites (tertiary alicyclic amines) is 1. The Bertz CT molecular complexity index is 1260. The van der Waals surface area contributed by atoms with Crippen molar-refractivity contribution < 1.29 is 14.4 Å². The Morgan fingerprint density at radius 1 is 1.00 bits per heavy atom. The number of imide groups is 1. The molecule has 1 heterocycles. The lowest BCUT2D eigenvalue weighted by Gasteiger charge is -2.37. The first-order chi connectivity index (χ1) is 16.3. The zero-order valence-corrected chi connectivity index (χ0v) is 21.3. The molecule has 5 aliphatic rings. The van der Waals surface area contributed by atoms with Crippen LogP contribution in [-0.4, -0.2) is 29.3 Å². The van der Waals surface area contributed by atoms with Gasteiger partial charge in [-0.1, -0.05) is 51.3 Å². The molecule has 0 spiro atoms. The van der Waals surface area contributed by atoms with Gasteiger partial charge in [-0.3, -0.25) is 24.2 Å². The Hall–Kier alpha value is -2.15. The molecule has 3 amide bonds. The number of anilines is 1. The Labute approximate surface area is 215 Å². The third kappa shape index (κ3) is 3.29. The molecule has 2 aromatic rings.